The summed E-state index contributed by atoms with van der Waals surface area (Å²) in [5.74, 6) is -1.34. The number of carbonyl (C=O) groups is 2. The van der Waals surface area contributed by atoms with E-state index in [1.807, 2.05) is 25.9 Å². The molecule has 0 aromatic heterocycles. The van der Waals surface area contributed by atoms with Crippen LogP contribution < -0.4 is 10.6 Å². The molecule has 3 heterocycles. The number of carbonyl (C=O) groups excluding carboxylic acids is 2. The van der Waals surface area contributed by atoms with E-state index in [0.717, 1.165) is 0 Å². The molecule has 3 aliphatic heterocycles. The van der Waals surface area contributed by atoms with Gasteiger partial charge < -0.3 is 24.8 Å². The van der Waals surface area contributed by atoms with Gasteiger partial charge >= 0.3 is 6.03 Å². The number of hydrazine groups is 1. The van der Waals surface area contributed by atoms with Gasteiger partial charge in [0.2, 0.25) is 0 Å². The number of halogens is 1. The molecule has 0 spiro atoms. The average molecular weight is 456 g/mol. The van der Waals surface area contributed by atoms with E-state index in [1.165, 1.54) is 24.3 Å². The number of urea groups is 1. The van der Waals surface area contributed by atoms with E-state index in [2.05, 4.69) is 10.6 Å². The number of fused-ring (bicyclic) bond motifs is 5. The van der Waals surface area contributed by atoms with E-state index in [4.69, 9.17) is 14.2 Å². The fraction of sp³-hybridized carbons (Fsp3) is 0.391. The molecule has 0 aliphatic carbocycles. The van der Waals surface area contributed by atoms with Crippen LogP contribution in [0, 0.1) is 5.82 Å². The number of benzene rings is 2. The van der Waals surface area contributed by atoms with Crippen molar-refractivity contribution >= 4 is 23.3 Å². The molecule has 5 rings (SSSR count). The smallest absolute Gasteiger partial charge is 0.323 e. The molecule has 3 aliphatic rings. The highest BCUT2D eigenvalue weighted by Gasteiger charge is 2.61. The van der Waals surface area contributed by atoms with Gasteiger partial charge in [-0.15, -0.1) is 0 Å². The standard InChI is InChI=1S/C23H25FN4O5/c1-23(2)32-18-17-12-27(3)28(21(31-17)19(18)33-23)20(29)13-4-8-15(9-5-13)25-22(30)26-16-10-6-14(24)7-11-16/h4-11,17-19,21H,12H2,1-3H3,(H2,25,26,30)/t17-,18-,19-,21-/m1/s1. The van der Waals surface area contributed by atoms with Crippen LogP contribution >= 0.6 is 0 Å². The highest BCUT2D eigenvalue weighted by molar-refractivity contribution is 6.00. The molecule has 2 aromatic carbocycles. The van der Waals surface area contributed by atoms with Crippen LogP contribution in [0.15, 0.2) is 48.5 Å². The number of anilines is 2. The lowest BCUT2D eigenvalue weighted by Crippen LogP contribution is -2.58. The number of hydrogen-bond donors (Lipinski definition) is 2. The third-order valence-electron chi connectivity index (χ3n) is 5.88. The molecule has 33 heavy (non-hydrogen) atoms. The van der Waals surface area contributed by atoms with Crippen LogP contribution in [0.2, 0.25) is 0 Å². The van der Waals surface area contributed by atoms with Gasteiger partial charge in [-0.25, -0.2) is 19.2 Å². The molecular formula is C23H25FN4O5. The molecule has 2 N–H and O–H groups in total. The molecule has 0 saturated carbocycles. The predicted octanol–water partition coefficient (Wildman–Crippen LogP) is 3.02. The van der Waals surface area contributed by atoms with Gasteiger partial charge in [-0.1, -0.05) is 0 Å². The minimum atomic E-state index is -0.720. The monoisotopic (exact) mass is 456 g/mol. The van der Waals surface area contributed by atoms with Crippen LogP contribution in [0.3, 0.4) is 0 Å². The van der Waals surface area contributed by atoms with Gasteiger partial charge in [0.05, 0.1) is 0 Å². The van der Waals surface area contributed by atoms with Gasteiger partial charge in [-0.05, 0) is 62.4 Å². The van der Waals surface area contributed by atoms with Crippen molar-refractivity contribution in [3.8, 4) is 0 Å². The quantitative estimate of drug-likeness (QED) is 0.738. The van der Waals surface area contributed by atoms with Crippen LogP contribution in [0.1, 0.15) is 24.2 Å². The highest BCUT2D eigenvalue weighted by atomic mass is 19.1. The minimum absolute atomic E-state index is 0.165. The summed E-state index contributed by atoms with van der Waals surface area (Å²) in [6.07, 6.45) is -1.33. The summed E-state index contributed by atoms with van der Waals surface area (Å²) in [7, 11) is 1.84. The maximum atomic E-state index is 13.3. The lowest BCUT2D eigenvalue weighted by atomic mass is 10.1. The molecule has 3 amide bonds. The van der Waals surface area contributed by atoms with E-state index in [0.29, 0.717) is 23.5 Å². The first kappa shape index (κ1) is 21.8. The van der Waals surface area contributed by atoms with Crippen LogP contribution in [0.25, 0.3) is 0 Å². The van der Waals surface area contributed by atoms with Crippen molar-refractivity contribution in [3.05, 3.63) is 59.9 Å². The fourth-order valence-electron chi connectivity index (χ4n) is 4.47. The molecule has 0 radical (unpaired) electrons. The molecule has 2 aromatic rings. The van der Waals surface area contributed by atoms with E-state index < -0.39 is 18.0 Å². The summed E-state index contributed by atoms with van der Waals surface area (Å²) in [5.41, 5.74) is 1.41. The highest BCUT2D eigenvalue weighted by Crippen LogP contribution is 2.43. The molecule has 10 heteroatoms. The summed E-state index contributed by atoms with van der Waals surface area (Å²) in [5, 5.41) is 8.70. The lowest BCUT2D eigenvalue weighted by Gasteiger charge is -2.42. The zero-order valence-electron chi connectivity index (χ0n) is 18.4. The predicted molar refractivity (Wildman–Crippen MR) is 117 cm³/mol. The van der Waals surface area contributed by atoms with Crippen LogP contribution in [0.4, 0.5) is 20.6 Å². The van der Waals surface area contributed by atoms with Crippen molar-refractivity contribution in [2.24, 2.45) is 0 Å². The molecule has 4 atom stereocenters. The maximum Gasteiger partial charge on any atom is 0.323 e. The van der Waals surface area contributed by atoms with Crippen molar-refractivity contribution in [2.45, 2.75) is 44.2 Å². The van der Waals surface area contributed by atoms with Gasteiger partial charge in [0, 0.05) is 30.5 Å². The molecule has 2 bridgehead atoms. The maximum absolute atomic E-state index is 13.3. The summed E-state index contributed by atoms with van der Waals surface area (Å²) in [6, 6.07) is 11.5. The van der Waals surface area contributed by atoms with Gasteiger partial charge in [-0.2, -0.15) is 0 Å². The van der Waals surface area contributed by atoms with Crippen molar-refractivity contribution in [1.29, 1.82) is 0 Å². The van der Waals surface area contributed by atoms with E-state index in [1.54, 1.807) is 29.3 Å². The molecule has 174 valence electrons. The summed E-state index contributed by atoms with van der Waals surface area (Å²) in [6.45, 7) is 4.22. The first-order valence-corrected chi connectivity index (χ1v) is 10.7. The Hall–Kier alpha value is -3.05. The van der Waals surface area contributed by atoms with Crippen LogP contribution in [-0.4, -0.2) is 65.9 Å². The average Bonchev–Trinajstić information content (AvgIpc) is 3.22. The van der Waals surface area contributed by atoms with Gasteiger partial charge in [0.15, 0.2) is 12.0 Å². The van der Waals surface area contributed by atoms with Crippen molar-refractivity contribution in [1.82, 2.24) is 10.0 Å². The lowest BCUT2D eigenvalue weighted by molar-refractivity contribution is -0.248. The van der Waals surface area contributed by atoms with Crippen LogP contribution in [0.5, 0.6) is 0 Å². The summed E-state index contributed by atoms with van der Waals surface area (Å²) < 4.78 is 31.1. The second-order valence-electron chi connectivity index (χ2n) is 8.78. The van der Waals surface area contributed by atoms with Gasteiger partial charge in [0.25, 0.3) is 5.91 Å². The molecule has 9 nitrogen and oxygen atoms in total. The number of rotatable bonds is 3. The van der Waals surface area contributed by atoms with Crippen LogP contribution in [-0.2, 0) is 14.2 Å². The Morgan fingerprint density at radius 3 is 2.18 bits per heavy atom. The third kappa shape index (κ3) is 4.18. The number of likely N-dealkylation sites (N-methyl/N-ethyl adjacent to an activating group) is 1. The fourth-order valence-corrected chi connectivity index (χ4v) is 4.47. The minimum Gasteiger partial charge on any atom is -0.346 e. The Bertz CT molecular complexity index is 1060. The zero-order chi connectivity index (χ0) is 23.3. The van der Waals surface area contributed by atoms with E-state index in [-0.39, 0.29) is 30.0 Å². The third-order valence-corrected chi connectivity index (χ3v) is 5.88. The number of nitrogens with zero attached hydrogens (tertiary/aromatic N) is 2. The van der Waals surface area contributed by atoms with E-state index in [9.17, 15) is 14.0 Å². The molecule has 3 saturated heterocycles. The van der Waals surface area contributed by atoms with Crippen molar-refractivity contribution in [3.63, 3.8) is 0 Å². The number of hydrogen-bond acceptors (Lipinski definition) is 6. The second-order valence-corrected chi connectivity index (χ2v) is 8.78. The molecule has 3 fully saturated rings. The Kier molecular flexibility index (Phi) is 5.32. The largest absolute Gasteiger partial charge is 0.346 e. The number of amides is 3. The Balaban J connectivity index is 1.25. The first-order valence-electron chi connectivity index (χ1n) is 10.7. The molecular weight excluding hydrogens is 431 g/mol. The number of ether oxygens (including phenoxy) is 3. The zero-order valence-corrected chi connectivity index (χ0v) is 18.4. The Morgan fingerprint density at radius 1 is 0.970 bits per heavy atom. The normalized spacial score (nSPS) is 27.8. The van der Waals surface area contributed by atoms with Crippen molar-refractivity contribution in [2.75, 3.05) is 24.2 Å². The SMILES string of the molecule is CN1C[C@H]2O[C@H]([C@@H]3OC(C)(C)O[C@@H]32)N1C(=O)c1ccc(NC(=O)Nc2ccc(F)cc2)cc1. The Labute approximate surface area is 190 Å². The topological polar surface area (TPSA) is 92.4 Å². The summed E-state index contributed by atoms with van der Waals surface area (Å²) >= 11 is 0. The molecule has 0 unspecified atom stereocenters. The summed E-state index contributed by atoms with van der Waals surface area (Å²) in [4.78, 5) is 25.5. The number of nitrogens with one attached hydrogen (secondary N) is 2. The van der Waals surface area contributed by atoms with Gasteiger partial charge in [-0.3, -0.25) is 4.79 Å². The first-order chi connectivity index (χ1) is 15.7. The Morgan fingerprint density at radius 2 is 1.55 bits per heavy atom. The second kappa shape index (κ2) is 8.07. The van der Waals surface area contributed by atoms with E-state index >= 15 is 0 Å². The van der Waals surface area contributed by atoms with Gasteiger partial charge in [0.1, 0.15) is 24.1 Å². The van der Waals surface area contributed by atoms with Crippen molar-refractivity contribution < 1.29 is 28.2 Å².